The standard InChI is InChI=1S/C18H17N3O2S/c22-17(11-21-13-24-12-18(21)23)20-16-6-3-4-14(10-16)7-8-15-5-1-2-9-19-15/h1-10H,11-13H2,(H,20,22)/b8-7+. The third kappa shape index (κ3) is 4.45. The molecule has 1 aromatic carbocycles. The van der Waals surface area contributed by atoms with Crippen LogP contribution in [0.15, 0.2) is 48.7 Å². The molecule has 1 aliphatic rings. The Balaban J connectivity index is 1.61. The normalized spacial score (nSPS) is 14.3. The Labute approximate surface area is 144 Å². The molecule has 0 spiro atoms. The van der Waals surface area contributed by atoms with Crippen molar-refractivity contribution in [2.75, 3.05) is 23.5 Å². The monoisotopic (exact) mass is 339 g/mol. The molecule has 6 heteroatoms. The average molecular weight is 339 g/mol. The van der Waals surface area contributed by atoms with E-state index in [1.165, 1.54) is 11.8 Å². The van der Waals surface area contributed by atoms with Crippen molar-refractivity contribution in [1.82, 2.24) is 9.88 Å². The Hall–Kier alpha value is -2.60. The number of hydrogen-bond acceptors (Lipinski definition) is 4. The Morgan fingerprint density at radius 2 is 2.17 bits per heavy atom. The average Bonchev–Trinajstić information content (AvgIpc) is 2.99. The van der Waals surface area contributed by atoms with Crippen LogP contribution in [0.2, 0.25) is 0 Å². The van der Waals surface area contributed by atoms with Gasteiger partial charge < -0.3 is 10.2 Å². The van der Waals surface area contributed by atoms with E-state index in [-0.39, 0.29) is 18.4 Å². The first-order chi connectivity index (χ1) is 11.7. The highest BCUT2D eigenvalue weighted by atomic mass is 32.2. The van der Waals surface area contributed by atoms with E-state index < -0.39 is 0 Å². The Bertz CT molecular complexity index is 762. The van der Waals surface area contributed by atoms with Gasteiger partial charge in [-0.1, -0.05) is 24.3 Å². The fourth-order valence-electron chi connectivity index (χ4n) is 2.29. The second-order valence-corrected chi connectivity index (χ2v) is 6.29. The highest BCUT2D eigenvalue weighted by Gasteiger charge is 2.22. The molecule has 2 heterocycles. The number of thioether (sulfide) groups is 1. The lowest BCUT2D eigenvalue weighted by Crippen LogP contribution is -2.34. The number of carbonyl (C=O) groups is 2. The zero-order valence-electron chi connectivity index (χ0n) is 13.0. The Morgan fingerprint density at radius 3 is 2.92 bits per heavy atom. The molecule has 0 unspecified atom stereocenters. The molecule has 0 aliphatic carbocycles. The molecule has 1 aromatic heterocycles. The smallest absolute Gasteiger partial charge is 0.244 e. The molecule has 0 saturated carbocycles. The largest absolute Gasteiger partial charge is 0.325 e. The van der Waals surface area contributed by atoms with Crippen LogP contribution in [-0.4, -0.2) is 39.9 Å². The summed E-state index contributed by atoms with van der Waals surface area (Å²) in [6, 6.07) is 13.3. The first-order valence-corrected chi connectivity index (χ1v) is 8.71. The van der Waals surface area contributed by atoms with Crippen LogP contribution >= 0.6 is 11.8 Å². The van der Waals surface area contributed by atoms with Crippen LogP contribution in [0.1, 0.15) is 11.3 Å². The summed E-state index contributed by atoms with van der Waals surface area (Å²) in [5, 5.41) is 2.84. The van der Waals surface area contributed by atoms with Crippen molar-refractivity contribution >= 4 is 41.4 Å². The van der Waals surface area contributed by atoms with Gasteiger partial charge in [0, 0.05) is 11.9 Å². The highest BCUT2D eigenvalue weighted by molar-refractivity contribution is 8.00. The SMILES string of the molecule is O=C(CN1CSCC1=O)Nc1cccc(/C=C/c2ccccn2)c1. The van der Waals surface area contributed by atoms with Crippen LogP contribution in [0, 0.1) is 0 Å². The molecule has 122 valence electrons. The second-order valence-electron chi connectivity index (χ2n) is 5.33. The fourth-order valence-corrected chi connectivity index (χ4v) is 3.19. The number of benzene rings is 1. The van der Waals surface area contributed by atoms with Crippen molar-refractivity contribution in [3.05, 3.63) is 59.9 Å². The van der Waals surface area contributed by atoms with E-state index in [2.05, 4.69) is 10.3 Å². The minimum Gasteiger partial charge on any atom is -0.325 e. The van der Waals surface area contributed by atoms with Crippen LogP contribution in [0.3, 0.4) is 0 Å². The van der Waals surface area contributed by atoms with Gasteiger partial charge in [-0.15, -0.1) is 11.8 Å². The molecule has 0 bridgehead atoms. The fraction of sp³-hybridized carbons (Fsp3) is 0.167. The summed E-state index contributed by atoms with van der Waals surface area (Å²) in [5.41, 5.74) is 2.55. The molecule has 5 nitrogen and oxygen atoms in total. The summed E-state index contributed by atoms with van der Waals surface area (Å²) in [6.07, 6.45) is 5.61. The van der Waals surface area contributed by atoms with Crippen molar-refractivity contribution in [2.45, 2.75) is 0 Å². The number of nitrogens with one attached hydrogen (secondary N) is 1. The second kappa shape index (κ2) is 7.79. The molecule has 2 amide bonds. The van der Waals surface area contributed by atoms with Crippen LogP contribution in [0.5, 0.6) is 0 Å². The van der Waals surface area contributed by atoms with Gasteiger partial charge in [-0.25, -0.2) is 0 Å². The van der Waals surface area contributed by atoms with E-state index in [0.717, 1.165) is 11.3 Å². The maximum absolute atomic E-state index is 12.1. The van der Waals surface area contributed by atoms with Crippen LogP contribution in [-0.2, 0) is 9.59 Å². The predicted molar refractivity (Wildman–Crippen MR) is 97.3 cm³/mol. The van der Waals surface area contributed by atoms with Crippen LogP contribution in [0.4, 0.5) is 5.69 Å². The Morgan fingerprint density at radius 1 is 1.25 bits per heavy atom. The van der Waals surface area contributed by atoms with E-state index in [9.17, 15) is 9.59 Å². The van der Waals surface area contributed by atoms with E-state index in [1.54, 1.807) is 11.1 Å². The number of anilines is 1. The van der Waals surface area contributed by atoms with Crippen LogP contribution in [0.25, 0.3) is 12.2 Å². The molecule has 1 fully saturated rings. The van der Waals surface area contributed by atoms with Gasteiger partial charge >= 0.3 is 0 Å². The molecule has 1 aliphatic heterocycles. The molecular weight excluding hydrogens is 322 g/mol. The molecule has 2 aromatic rings. The third-order valence-electron chi connectivity index (χ3n) is 3.46. The summed E-state index contributed by atoms with van der Waals surface area (Å²) in [4.78, 5) is 29.4. The van der Waals surface area contributed by atoms with Crippen molar-refractivity contribution in [3.63, 3.8) is 0 Å². The lowest BCUT2D eigenvalue weighted by atomic mass is 10.1. The number of rotatable bonds is 5. The molecule has 0 atom stereocenters. The molecular formula is C18H17N3O2S. The molecule has 1 N–H and O–H groups in total. The highest BCUT2D eigenvalue weighted by Crippen LogP contribution is 2.16. The number of carbonyl (C=O) groups excluding carboxylic acids is 2. The number of aromatic nitrogens is 1. The van der Waals surface area contributed by atoms with Crippen molar-refractivity contribution < 1.29 is 9.59 Å². The zero-order chi connectivity index (χ0) is 16.8. The summed E-state index contributed by atoms with van der Waals surface area (Å²) >= 11 is 1.53. The van der Waals surface area contributed by atoms with Crippen LogP contribution < -0.4 is 5.32 Å². The molecule has 0 radical (unpaired) electrons. The summed E-state index contributed by atoms with van der Waals surface area (Å²) in [6.45, 7) is 0.0971. The van der Waals surface area contributed by atoms with E-state index in [1.807, 2.05) is 54.6 Å². The quantitative estimate of drug-likeness (QED) is 0.910. The van der Waals surface area contributed by atoms with Gasteiger partial charge in [-0.3, -0.25) is 14.6 Å². The zero-order valence-corrected chi connectivity index (χ0v) is 13.8. The van der Waals surface area contributed by atoms with Gasteiger partial charge in [0.2, 0.25) is 11.8 Å². The van der Waals surface area contributed by atoms with Crippen molar-refractivity contribution in [3.8, 4) is 0 Å². The third-order valence-corrected chi connectivity index (χ3v) is 4.41. The topological polar surface area (TPSA) is 62.3 Å². The number of nitrogens with zero attached hydrogens (tertiary/aromatic N) is 2. The first kappa shape index (κ1) is 16.3. The molecule has 24 heavy (non-hydrogen) atoms. The van der Waals surface area contributed by atoms with Gasteiger partial charge in [0.1, 0.15) is 6.54 Å². The Kier molecular flexibility index (Phi) is 5.28. The van der Waals surface area contributed by atoms with Gasteiger partial charge in [0.15, 0.2) is 0 Å². The van der Waals surface area contributed by atoms with Gasteiger partial charge in [-0.05, 0) is 35.9 Å². The number of pyridine rings is 1. The van der Waals surface area contributed by atoms with Gasteiger partial charge in [0.05, 0.1) is 17.3 Å². The minimum absolute atomic E-state index is 0.0159. The maximum Gasteiger partial charge on any atom is 0.244 e. The van der Waals surface area contributed by atoms with E-state index >= 15 is 0 Å². The van der Waals surface area contributed by atoms with Crippen molar-refractivity contribution in [2.24, 2.45) is 0 Å². The predicted octanol–water partition coefficient (Wildman–Crippen LogP) is 2.72. The molecule has 1 saturated heterocycles. The van der Waals surface area contributed by atoms with E-state index in [0.29, 0.717) is 17.3 Å². The number of hydrogen-bond donors (Lipinski definition) is 1. The van der Waals surface area contributed by atoms with Crippen molar-refractivity contribution in [1.29, 1.82) is 0 Å². The lowest BCUT2D eigenvalue weighted by Gasteiger charge is -2.14. The molecule has 3 rings (SSSR count). The first-order valence-electron chi connectivity index (χ1n) is 7.55. The van der Waals surface area contributed by atoms with Gasteiger partial charge in [0.25, 0.3) is 0 Å². The summed E-state index contributed by atoms with van der Waals surface area (Å²) in [7, 11) is 0. The summed E-state index contributed by atoms with van der Waals surface area (Å²) < 4.78 is 0. The number of amides is 2. The van der Waals surface area contributed by atoms with E-state index in [4.69, 9.17) is 0 Å². The summed E-state index contributed by atoms with van der Waals surface area (Å²) in [5.74, 6) is 0.874. The lowest BCUT2D eigenvalue weighted by molar-refractivity contribution is -0.130. The minimum atomic E-state index is -0.184. The maximum atomic E-state index is 12.1. The van der Waals surface area contributed by atoms with Gasteiger partial charge in [-0.2, -0.15) is 0 Å².